The summed E-state index contributed by atoms with van der Waals surface area (Å²) in [7, 11) is -1.79. The Kier molecular flexibility index (Phi) is 7.92. The Labute approximate surface area is 185 Å². The van der Waals surface area contributed by atoms with Crippen molar-refractivity contribution in [1.29, 1.82) is 0 Å². The molecule has 7 nitrogen and oxygen atoms in total. The van der Waals surface area contributed by atoms with Gasteiger partial charge in [0.15, 0.2) is 0 Å². The Hall–Kier alpha value is -2.58. The third-order valence-corrected chi connectivity index (χ3v) is 6.94. The molecule has 0 bridgehead atoms. The van der Waals surface area contributed by atoms with Crippen LogP contribution in [-0.4, -0.2) is 59.1 Å². The number of para-hydroxylation sites is 2. The molecule has 2 aromatic carbocycles. The molecular formula is C23H31N3O4S. The average Bonchev–Trinajstić information content (AvgIpc) is 2.81. The molecule has 0 radical (unpaired) electrons. The third kappa shape index (κ3) is 5.98. The minimum absolute atomic E-state index is 0.126. The van der Waals surface area contributed by atoms with Gasteiger partial charge in [-0.05, 0) is 42.7 Å². The lowest BCUT2D eigenvalue weighted by molar-refractivity contribution is -0.131. The highest BCUT2D eigenvalue weighted by molar-refractivity contribution is 7.89. The lowest BCUT2D eigenvalue weighted by atomic mass is 10.1. The lowest BCUT2D eigenvalue weighted by Crippen LogP contribution is -2.48. The zero-order valence-electron chi connectivity index (χ0n) is 18.2. The SMILES string of the molecule is CCCNS(=O)(=O)c1ccc(CCC(=O)N2CCN(c3ccccc3OC)CC2)cc1. The Balaban J connectivity index is 1.49. The number of benzene rings is 2. The van der Waals surface area contributed by atoms with E-state index in [0.29, 0.717) is 32.5 Å². The number of amides is 1. The summed E-state index contributed by atoms with van der Waals surface area (Å²) in [5.41, 5.74) is 2.01. The second kappa shape index (κ2) is 10.6. The van der Waals surface area contributed by atoms with Gasteiger partial charge in [0.1, 0.15) is 5.75 Å². The first-order chi connectivity index (χ1) is 14.9. The first kappa shape index (κ1) is 23.1. The van der Waals surface area contributed by atoms with Gasteiger partial charge in [-0.1, -0.05) is 31.2 Å². The number of anilines is 1. The molecule has 1 amide bonds. The molecule has 31 heavy (non-hydrogen) atoms. The molecule has 0 atom stereocenters. The maximum absolute atomic E-state index is 12.7. The number of hydrogen-bond acceptors (Lipinski definition) is 5. The van der Waals surface area contributed by atoms with Crippen LogP contribution in [0, 0.1) is 0 Å². The summed E-state index contributed by atoms with van der Waals surface area (Å²) in [5, 5.41) is 0. The van der Waals surface area contributed by atoms with Crippen LogP contribution in [0.2, 0.25) is 0 Å². The molecule has 0 aliphatic carbocycles. The lowest BCUT2D eigenvalue weighted by Gasteiger charge is -2.36. The van der Waals surface area contributed by atoms with Crippen LogP contribution in [0.1, 0.15) is 25.3 Å². The summed E-state index contributed by atoms with van der Waals surface area (Å²) in [5.74, 6) is 0.971. The van der Waals surface area contributed by atoms with Crippen LogP contribution in [0.4, 0.5) is 5.69 Å². The number of nitrogens with one attached hydrogen (secondary N) is 1. The molecule has 0 aromatic heterocycles. The topological polar surface area (TPSA) is 79.0 Å². The smallest absolute Gasteiger partial charge is 0.240 e. The second-order valence-corrected chi connectivity index (χ2v) is 9.35. The number of carbonyl (C=O) groups excluding carboxylic acids is 1. The van der Waals surface area contributed by atoms with Gasteiger partial charge in [0, 0.05) is 39.1 Å². The van der Waals surface area contributed by atoms with Gasteiger partial charge in [0.2, 0.25) is 15.9 Å². The van der Waals surface area contributed by atoms with Crippen LogP contribution in [-0.2, 0) is 21.2 Å². The average molecular weight is 446 g/mol. The minimum Gasteiger partial charge on any atom is -0.495 e. The monoisotopic (exact) mass is 445 g/mol. The predicted octanol–water partition coefficient (Wildman–Crippen LogP) is 2.66. The van der Waals surface area contributed by atoms with Crippen LogP contribution in [0.5, 0.6) is 5.75 Å². The highest BCUT2D eigenvalue weighted by Crippen LogP contribution is 2.28. The van der Waals surface area contributed by atoms with Crippen LogP contribution in [0.3, 0.4) is 0 Å². The van der Waals surface area contributed by atoms with Gasteiger partial charge in [-0.25, -0.2) is 13.1 Å². The van der Waals surface area contributed by atoms with Gasteiger partial charge in [-0.2, -0.15) is 0 Å². The van der Waals surface area contributed by atoms with Crippen molar-refractivity contribution >= 4 is 21.6 Å². The maximum atomic E-state index is 12.7. The van der Waals surface area contributed by atoms with Crippen molar-refractivity contribution in [3.05, 3.63) is 54.1 Å². The molecular weight excluding hydrogens is 414 g/mol. The summed E-state index contributed by atoms with van der Waals surface area (Å²) >= 11 is 0. The highest BCUT2D eigenvalue weighted by atomic mass is 32.2. The zero-order valence-corrected chi connectivity index (χ0v) is 19.0. The standard InChI is InChI=1S/C23H31N3O4S/c1-3-14-24-31(28,29)20-11-8-19(9-12-20)10-13-23(27)26-17-15-25(16-18-26)21-6-4-5-7-22(21)30-2/h4-9,11-12,24H,3,10,13-18H2,1-2H3. The Morgan fingerprint density at radius 1 is 1.03 bits per heavy atom. The molecule has 1 saturated heterocycles. The van der Waals surface area contributed by atoms with Crippen molar-refractivity contribution in [3.8, 4) is 5.75 Å². The van der Waals surface area contributed by atoms with E-state index in [0.717, 1.165) is 36.5 Å². The molecule has 0 spiro atoms. The van der Waals surface area contributed by atoms with Gasteiger partial charge in [-0.15, -0.1) is 0 Å². The first-order valence-electron chi connectivity index (χ1n) is 10.7. The molecule has 1 aliphatic heterocycles. The van der Waals surface area contributed by atoms with E-state index in [9.17, 15) is 13.2 Å². The van der Waals surface area contributed by atoms with Gasteiger partial charge < -0.3 is 14.5 Å². The number of hydrogen-bond donors (Lipinski definition) is 1. The van der Waals surface area contributed by atoms with E-state index >= 15 is 0 Å². The van der Waals surface area contributed by atoms with Crippen molar-refractivity contribution in [2.45, 2.75) is 31.1 Å². The summed E-state index contributed by atoms with van der Waals surface area (Å²) in [4.78, 5) is 17.1. The quantitative estimate of drug-likeness (QED) is 0.642. The van der Waals surface area contributed by atoms with E-state index in [4.69, 9.17) is 4.74 Å². The predicted molar refractivity (Wildman–Crippen MR) is 122 cm³/mol. The molecule has 2 aromatic rings. The molecule has 1 fully saturated rings. The van der Waals surface area contributed by atoms with Crippen LogP contribution in [0.15, 0.2) is 53.4 Å². The van der Waals surface area contributed by atoms with Crippen molar-refractivity contribution in [2.75, 3.05) is 44.7 Å². The van der Waals surface area contributed by atoms with Crippen LogP contribution >= 0.6 is 0 Å². The van der Waals surface area contributed by atoms with Crippen molar-refractivity contribution in [3.63, 3.8) is 0 Å². The highest BCUT2D eigenvalue weighted by Gasteiger charge is 2.22. The summed E-state index contributed by atoms with van der Waals surface area (Å²) in [6, 6.07) is 14.7. The van der Waals surface area contributed by atoms with E-state index in [-0.39, 0.29) is 10.8 Å². The molecule has 1 heterocycles. The first-order valence-corrected chi connectivity index (χ1v) is 12.2. The molecule has 1 N–H and O–H groups in total. The van der Waals surface area contributed by atoms with E-state index < -0.39 is 10.0 Å². The molecule has 168 valence electrons. The van der Waals surface area contributed by atoms with Crippen LogP contribution in [0.25, 0.3) is 0 Å². The summed E-state index contributed by atoms with van der Waals surface area (Å²) < 4.78 is 32.3. The molecule has 1 aliphatic rings. The van der Waals surface area contributed by atoms with Gasteiger partial charge >= 0.3 is 0 Å². The molecule has 0 saturated carbocycles. The summed E-state index contributed by atoms with van der Waals surface area (Å²) in [6.45, 7) is 5.23. The van der Waals surface area contributed by atoms with Crippen molar-refractivity contribution < 1.29 is 17.9 Å². The van der Waals surface area contributed by atoms with Gasteiger partial charge in [0.05, 0.1) is 17.7 Å². The normalized spacial score (nSPS) is 14.5. The third-order valence-electron chi connectivity index (χ3n) is 5.46. The van der Waals surface area contributed by atoms with Crippen LogP contribution < -0.4 is 14.4 Å². The van der Waals surface area contributed by atoms with E-state index in [1.54, 1.807) is 31.4 Å². The Morgan fingerprint density at radius 3 is 2.35 bits per heavy atom. The number of methoxy groups -OCH3 is 1. The number of nitrogens with zero attached hydrogens (tertiary/aromatic N) is 2. The van der Waals surface area contributed by atoms with Gasteiger partial charge in [0.25, 0.3) is 0 Å². The van der Waals surface area contributed by atoms with E-state index in [2.05, 4.69) is 9.62 Å². The zero-order chi connectivity index (χ0) is 22.3. The maximum Gasteiger partial charge on any atom is 0.240 e. The Morgan fingerprint density at radius 2 is 1.71 bits per heavy atom. The second-order valence-electron chi connectivity index (χ2n) is 7.58. The fraction of sp³-hybridized carbons (Fsp3) is 0.435. The van der Waals surface area contributed by atoms with Crippen molar-refractivity contribution in [1.82, 2.24) is 9.62 Å². The number of ether oxygens (including phenoxy) is 1. The molecule has 0 unspecified atom stereocenters. The largest absolute Gasteiger partial charge is 0.495 e. The van der Waals surface area contributed by atoms with E-state index in [1.165, 1.54) is 0 Å². The molecule has 3 rings (SSSR count). The number of sulfonamides is 1. The van der Waals surface area contributed by atoms with E-state index in [1.807, 2.05) is 36.1 Å². The Bertz CT molecular complexity index is 969. The number of piperazine rings is 1. The summed E-state index contributed by atoms with van der Waals surface area (Å²) in [6.07, 6.45) is 1.75. The minimum atomic E-state index is -3.46. The number of aryl methyl sites for hydroxylation is 1. The number of carbonyl (C=O) groups is 1. The molecule has 8 heteroatoms. The fourth-order valence-corrected chi connectivity index (χ4v) is 4.79. The number of rotatable bonds is 9. The van der Waals surface area contributed by atoms with Gasteiger partial charge in [-0.3, -0.25) is 4.79 Å². The fourth-order valence-electron chi connectivity index (χ4n) is 3.65. The van der Waals surface area contributed by atoms with Crippen molar-refractivity contribution in [2.24, 2.45) is 0 Å².